The molecule has 0 saturated heterocycles. The van der Waals surface area contributed by atoms with E-state index in [4.69, 9.17) is 14.7 Å². The van der Waals surface area contributed by atoms with Crippen molar-refractivity contribution >= 4 is 15.9 Å². The minimum atomic E-state index is 0.272. The summed E-state index contributed by atoms with van der Waals surface area (Å²) in [7, 11) is 0. The van der Waals surface area contributed by atoms with Crippen molar-refractivity contribution in [3.8, 4) is 17.6 Å². The van der Waals surface area contributed by atoms with Gasteiger partial charge < -0.3 is 14.0 Å². The van der Waals surface area contributed by atoms with Gasteiger partial charge in [-0.25, -0.2) is 0 Å². The Morgan fingerprint density at radius 1 is 1.24 bits per heavy atom. The van der Waals surface area contributed by atoms with E-state index in [9.17, 15) is 0 Å². The summed E-state index contributed by atoms with van der Waals surface area (Å²) in [6, 6.07) is 5.78. The van der Waals surface area contributed by atoms with Gasteiger partial charge in [-0.05, 0) is 31.5 Å². The van der Waals surface area contributed by atoms with Crippen LogP contribution < -0.4 is 9.47 Å². The lowest BCUT2D eigenvalue weighted by molar-refractivity contribution is 0.287. The molecule has 1 heterocycles. The Morgan fingerprint density at radius 3 is 2.52 bits per heavy atom. The van der Waals surface area contributed by atoms with Crippen molar-refractivity contribution in [1.29, 1.82) is 5.26 Å². The first-order valence-electron chi connectivity index (χ1n) is 6.55. The topological polar surface area (TPSA) is 73.0 Å². The van der Waals surface area contributed by atoms with Gasteiger partial charge in [0.05, 0.1) is 19.8 Å². The quantitative estimate of drug-likeness (QED) is 0.800. The molecule has 0 N–H and O–H groups in total. The molecule has 110 valence electrons. The van der Waals surface area contributed by atoms with Gasteiger partial charge in [-0.15, -0.1) is 10.2 Å². The van der Waals surface area contributed by atoms with Crippen molar-refractivity contribution in [3.63, 3.8) is 0 Å². The fraction of sp³-hybridized carbons (Fsp3) is 0.357. The molecule has 2 rings (SSSR count). The predicted molar refractivity (Wildman–Crippen MR) is 80.3 cm³/mol. The third kappa shape index (κ3) is 3.52. The predicted octanol–water partition coefficient (Wildman–Crippen LogP) is 2.76. The molecule has 0 spiro atoms. The van der Waals surface area contributed by atoms with Crippen LogP contribution in [0.1, 0.15) is 25.2 Å². The molecule has 2 aromatic rings. The molecular weight excluding hydrogens is 336 g/mol. The van der Waals surface area contributed by atoms with Crippen molar-refractivity contribution in [2.45, 2.75) is 20.4 Å². The van der Waals surface area contributed by atoms with E-state index in [-0.39, 0.29) is 5.82 Å². The standard InChI is InChI=1S/C14H15BrN4O2/c1-3-20-12-5-10(11(15)6-13(12)21-4-2)8-19-9-17-18-14(19)7-16/h5-6,9H,3-4,8H2,1-2H3. The maximum absolute atomic E-state index is 8.98. The molecular formula is C14H15BrN4O2. The molecule has 0 aliphatic carbocycles. The minimum Gasteiger partial charge on any atom is -0.490 e. The number of nitrogens with zero attached hydrogens (tertiary/aromatic N) is 4. The summed E-state index contributed by atoms with van der Waals surface area (Å²) in [5.74, 6) is 1.65. The van der Waals surface area contributed by atoms with Crippen LogP contribution in [0.2, 0.25) is 0 Å². The van der Waals surface area contributed by atoms with E-state index < -0.39 is 0 Å². The zero-order chi connectivity index (χ0) is 15.2. The van der Waals surface area contributed by atoms with Gasteiger partial charge in [-0.1, -0.05) is 15.9 Å². The van der Waals surface area contributed by atoms with E-state index in [0.717, 1.165) is 10.0 Å². The monoisotopic (exact) mass is 350 g/mol. The average molecular weight is 351 g/mol. The summed E-state index contributed by atoms with van der Waals surface area (Å²) in [6.07, 6.45) is 1.53. The molecule has 0 radical (unpaired) electrons. The van der Waals surface area contributed by atoms with Gasteiger partial charge in [0.15, 0.2) is 11.5 Å². The van der Waals surface area contributed by atoms with Gasteiger partial charge in [-0.3, -0.25) is 0 Å². The maximum atomic E-state index is 8.98. The summed E-state index contributed by atoms with van der Waals surface area (Å²) in [6.45, 7) is 5.44. The van der Waals surface area contributed by atoms with Crippen LogP contribution in [-0.2, 0) is 6.54 Å². The molecule has 1 aromatic carbocycles. The van der Waals surface area contributed by atoms with Gasteiger partial charge in [0.25, 0.3) is 0 Å². The molecule has 1 aromatic heterocycles. The molecule has 0 atom stereocenters. The summed E-state index contributed by atoms with van der Waals surface area (Å²) >= 11 is 3.52. The summed E-state index contributed by atoms with van der Waals surface area (Å²) in [4.78, 5) is 0. The van der Waals surface area contributed by atoms with E-state index in [2.05, 4.69) is 26.1 Å². The SMILES string of the molecule is CCOc1cc(Br)c(Cn2cnnc2C#N)cc1OCC. The van der Waals surface area contributed by atoms with Crippen molar-refractivity contribution in [1.82, 2.24) is 14.8 Å². The van der Waals surface area contributed by atoms with Crippen LogP contribution in [0.25, 0.3) is 0 Å². The van der Waals surface area contributed by atoms with Crippen molar-refractivity contribution < 1.29 is 9.47 Å². The van der Waals surface area contributed by atoms with Crippen molar-refractivity contribution in [3.05, 3.63) is 34.3 Å². The van der Waals surface area contributed by atoms with Crippen LogP contribution in [0.15, 0.2) is 22.9 Å². The highest BCUT2D eigenvalue weighted by Crippen LogP contribution is 2.34. The van der Waals surface area contributed by atoms with Gasteiger partial charge >= 0.3 is 0 Å². The highest BCUT2D eigenvalue weighted by Gasteiger charge is 2.12. The van der Waals surface area contributed by atoms with Crippen LogP contribution in [-0.4, -0.2) is 28.0 Å². The molecule has 0 unspecified atom stereocenters. The van der Waals surface area contributed by atoms with E-state index in [1.165, 1.54) is 6.33 Å². The number of nitriles is 1. The number of benzene rings is 1. The van der Waals surface area contributed by atoms with Gasteiger partial charge in [0.2, 0.25) is 5.82 Å². The van der Waals surface area contributed by atoms with Crippen LogP contribution in [0, 0.1) is 11.3 Å². The Morgan fingerprint density at radius 2 is 1.90 bits per heavy atom. The first kappa shape index (κ1) is 15.3. The lowest BCUT2D eigenvalue weighted by atomic mass is 10.2. The third-order valence-corrected chi connectivity index (χ3v) is 3.51. The molecule has 6 nitrogen and oxygen atoms in total. The fourth-order valence-corrected chi connectivity index (χ4v) is 2.32. The molecule has 0 saturated carbocycles. The molecule has 0 bridgehead atoms. The summed E-state index contributed by atoms with van der Waals surface area (Å²) in [5, 5.41) is 16.5. The number of ether oxygens (including phenoxy) is 2. The zero-order valence-electron chi connectivity index (χ0n) is 11.8. The van der Waals surface area contributed by atoms with E-state index in [1.807, 2.05) is 32.0 Å². The van der Waals surface area contributed by atoms with E-state index in [0.29, 0.717) is 31.3 Å². The first-order chi connectivity index (χ1) is 10.2. The third-order valence-electron chi connectivity index (χ3n) is 2.77. The molecule has 0 aliphatic rings. The molecule has 0 fully saturated rings. The Balaban J connectivity index is 2.35. The van der Waals surface area contributed by atoms with Crippen molar-refractivity contribution in [2.75, 3.05) is 13.2 Å². The molecule has 0 amide bonds. The van der Waals surface area contributed by atoms with Crippen LogP contribution in [0.5, 0.6) is 11.5 Å². The number of aromatic nitrogens is 3. The van der Waals surface area contributed by atoms with Gasteiger partial charge in [-0.2, -0.15) is 5.26 Å². The zero-order valence-corrected chi connectivity index (χ0v) is 13.4. The Hall–Kier alpha value is -2.07. The number of halogens is 1. The second kappa shape index (κ2) is 7.09. The summed E-state index contributed by atoms with van der Waals surface area (Å²) in [5.41, 5.74) is 0.957. The Labute approximate surface area is 131 Å². The largest absolute Gasteiger partial charge is 0.490 e. The van der Waals surface area contributed by atoms with Crippen LogP contribution in [0.4, 0.5) is 0 Å². The number of hydrogen-bond acceptors (Lipinski definition) is 5. The maximum Gasteiger partial charge on any atom is 0.235 e. The molecule has 0 aliphatic heterocycles. The Kier molecular flexibility index (Phi) is 5.17. The van der Waals surface area contributed by atoms with Crippen LogP contribution in [0.3, 0.4) is 0 Å². The van der Waals surface area contributed by atoms with E-state index >= 15 is 0 Å². The highest BCUT2D eigenvalue weighted by atomic mass is 79.9. The average Bonchev–Trinajstić information content (AvgIpc) is 2.91. The second-order valence-electron chi connectivity index (χ2n) is 4.15. The van der Waals surface area contributed by atoms with Crippen LogP contribution >= 0.6 is 15.9 Å². The lowest BCUT2D eigenvalue weighted by Gasteiger charge is -2.14. The van der Waals surface area contributed by atoms with Gasteiger partial charge in [0.1, 0.15) is 12.4 Å². The number of rotatable bonds is 6. The number of hydrogen-bond donors (Lipinski definition) is 0. The molecule has 21 heavy (non-hydrogen) atoms. The van der Waals surface area contributed by atoms with Gasteiger partial charge in [0, 0.05) is 4.47 Å². The highest BCUT2D eigenvalue weighted by molar-refractivity contribution is 9.10. The fourth-order valence-electron chi connectivity index (χ4n) is 1.88. The normalized spacial score (nSPS) is 10.2. The Bertz CT molecular complexity index is 663. The minimum absolute atomic E-state index is 0.272. The second-order valence-corrected chi connectivity index (χ2v) is 5.00. The lowest BCUT2D eigenvalue weighted by Crippen LogP contribution is -2.04. The molecule has 7 heteroatoms. The first-order valence-corrected chi connectivity index (χ1v) is 7.34. The van der Waals surface area contributed by atoms with Crippen molar-refractivity contribution in [2.24, 2.45) is 0 Å². The summed E-state index contributed by atoms with van der Waals surface area (Å²) < 4.78 is 13.7. The smallest absolute Gasteiger partial charge is 0.235 e. The van der Waals surface area contributed by atoms with E-state index in [1.54, 1.807) is 4.57 Å².